The summed E-state index contributed by atoms with van der Waals surface area (Å²) in [5, 5.41) is 0. The van der Waals surface area contributed by atoms with Crippen LogP contribution in [-0.4, -0.2) is 30.2 Å². The summed E-state index contributed by atoms with van der Waals surface area (Å²) < 4.78 is 6.12. The molecule has 1 aliphatic heterocycles. The fourth-order valence-electron chi connectivity index (χ4n) is 6.64. The Hall–Kier alpha value is -4.36. The number of hydrogen-bond acceptors (Lipinski definition) is 5. The second-order valence-corrected chi connectivity index (χ2v) is 11.2. The highest BCUT2D eigenvalue weighted by molar-refractivity contribution is 9.10. The molecule has 1 fully saturated rings. The lowest BCUT2D eigenvalue weighted by molar-refractivity contribution is -0.122. The third kappa shape index (κ3) is 3.68. The fraction of sp³-hybridized carbons (Fsp3) is 0.152. The molecule has 40 heavy (non-hydrogen) atoms. The summed E-state index contributed by atoms with van der Waals surface area (Å²) in [6, 6.07) is 29.2. The molecular formula is C33H22BrNO5. The lowest BCUT2D eigenvalue weighted by atomic mass is 9.55. The maximum absolute atomic E-state index is 14.0. The fourth-order valence-corrected chi connectivity index (χ4v) is 6.90. The first-order chi connectivity index (χ1) is 19.4. The van der Waals surface area contributed by atoms with E-state index in [4.69, 9.17) is 4.74 Å². The number of carbonyl (C=O) groups is 4. The molecule has 0 radical (unpaired) electrons. The number of rotatable bonds is 5. The van der Waals surface area contributed by atoms with Crippen molar-refractivity contribution in [3.8, 4) is 0 Å². The Balaban J connectivity index is 1.17. The van der Waals surface area contributed by atoms with E-state index < -0.39 is 24.4 Å². The van der Waals surface area contributed by atoms with E-state index in [0.717, 1.165) is 26.7 Å². The van der Waals surface area contributed by atoms with Gasteiger partial charge in [0.1, 0.15) is 0 Å². The van der Waals surface area contributed by atoms with Crippen LogP contribution in [0.3, 0.4) is 0 Å². The summed E-state index contributed by atoms with van der Waals surface area (Å²) >= 11 is 3.33. The first kappa shape index (κ1) is 24.7. The minimum absolute atomic E-state index is 0.158. The summed E-state index contributed by atoms with van der Waals surface area (Å²) in [4.78, 5) is 54.5. The minimum Gasteiger partial charge on any atom is -0.454 e. The van der Waals surface area contributed by atoms with Crippen molar-refractivity contribution < 1.29 is 23.9 Å². The monoisotopic (exact) mass is 591 g/mol. The molecule has 4 aromatic carbocycles. The molecule has 4 aromatic rings. The largest absolute Gasteiger partial charge is 0.454 e. The molecule has 6 nitrogen and oxygen atoms in total. The molecule has 2 atom stereocenters. The van der Waals surface area contributed by atoms with Gasteiger partial charge in [-0.05, 0) is 52.6 Å². The van der Waals surface area contributed by atoms with E-state index in [0.29, 0.717) is 11.3 Å². The van der Waals surface area contributed by atoms with Gasteiger partial charge in [-0.1, -0.05) is 82.7 Å². The number of nitrogens with zero attached hydrogens (tertiary/aromatic N) is 1. The second kappa shape index (κ2) is 9.38. The number of ether oxygens (including phenoxy) is 1. The van der Waals surface area contributed by atoms with Crippen LogP contribution >= 0.6 is 15.9 Å². The lowest BCUT2D eigenvalue weighted by Crippen LogP contribution is -2.41. The summed E-state index contributed by atoms with van der Waals surface area (Å²) in [6.07, 6.45) is 0. The summed E-state index contributed by atoms with van der Waals surface area (Å²) in [6.45, 7) is -0.420. The maximum Gasteiger partial charge on any atom is 0.338 e. The van der Waals surface area contributed by atoms with Crippen LogP contribution in [0.1, 0.15) is 54.8 Å². The number of ketones is 1. The highest BCUT2D eigenvalue weighted by Crippen LogP contribution is 2.61. The van der Waals surface area contributed by atoms with E-state index in [1.807, 2.05) is 24.3 Å². The standard InChI is InChI=1S/C33H22BrNO5/c34-20-14-12-18(13-15-20)26(36)17-40-33(39)19-6-5-7-21(16-19)35-31(37)29-27-22-8-1-2-9-23(22)28(30(29)32(35)38)25-11-4-3-10-24(25)27/h1-16,27-30H,17H2/t27?,28?,29-,30-/m1/s1. The van der Waals surface area contributed by atoms with Gasteiger partial charge in [0.15, 0.2) is 12.4 Å². The third-order valence-electron chi connectivity index (χ3n) is 8.29. The first-order valence-electron chi connectivity index (χ1n) is 13.1. The van der Waals surface area contributed by atoms with Gasteiger partial charge in [0.05, 0.1) is 23.1 Å². The van der Waals surface area contributed by atoms with Crippen LogP contribution in [0.4, 0.5) is 5.69 Å². The zero-order valence-electron chi connectivity index (χ0n) is 21.1. The number of imide groups is 1. The normalized spacial score (nSPS) is 22.0. The summed E-state index contributed by atoms with van der Waals surface area (Å²) in [7, 11) is 0. The van der Waals surface area contributed by atoms with Crippen LogP contribution < -0.4 is 4.90 Å². The van der Waals surface area contributed by atoms with Gasteiger partial charge >= 0.3 is 5.97 Å². The molecule has 0 saturated carbocycles. The topological polar surface area (TPSA) is 80.8 Å². The molecule has 8 rings (SSSR count). The summed E-state index contributed by atoms with van der Waals surface area (Å²) in [5.74, 6) is -3.00. The second-order valence-electron chi connectivity index (χ2n) is 10.3. The summed E-state index contributed by atoms with van der Waals surface area (Å²) in [5.41, 5.74) is 5.31. The number of hydrogen-bond donors (Lipinski definition) is 0. The van der Waals surface area contributed by atoms with E-state index in [1.165, 1.54) is 11.0 Å². The van der Waals surface area contributed by atoms with Crippen molar-refractivity contribution in [3.63, 3.8) is 0 Å². The van der Waals surface area contributed by atoms with Crippen molar-refractivity contribution in [2.75, 3.05) is 11.5 Å². The molecule has 0 N–H and O–H groups in total. The number of halogens is 1. The zero-order chi connectivity index (χ0) is 27.5. The molecule has 2 amide bonds. The van der Waals surface area contributed by atoms with Crippen molar-refractivity contribution in [1.29, 1.82) is 0 Å². The molecule has 2 bridgehead atoms. The van der Waals surface area contributed by atoms with Crippen molar-refractivity contribution in [2.45, 2.75) is 11.8 Å². The quantitative estimate of drug-likeness (QED) is 0.164. The Morgan fingerprint density at radius 1 is 0.675 bits per heavy atom. The Kier molecular flexibility index (Phi) is 5.78. The lowest BCUT2D eigenvalue weighted by Gasteiger charge is -2.45. The van der Waals surface area contributed by atoms with Gasteiger partial charge in [0.25, 0.3) is 0 Å². The van der Waals surface area contributed by atoms with Gasteiger partial charge in [0, 0.05) is 21.9 Å². The number of amides is 2. The average Bonchev–Trinajstić information content (AvgIpc) is 3.26. The molecule has 7 heteroatoms. The Bertz CT molecular complexity index is 1610. The van der Waals surface area contributed by atoms with Crippen LogP contribution in [0.5, 0.6) is 0 Å². The number of carbonyl (C=O) groups excluding carboxylic acids is 4. The molecule has 0 spiro atoms. The number of benzene rings is 4. The Morgan fingerprint density at radius 3 is 1.73 bits per heavy atom. The first-order valence-corrected chi connectivity index (χ1v) is 13.8. The highest BCUT2D eigenvalue weighted by atomic mass is 79.9. The molecule has 1 saturated heterocycles. The maximum atomic E-state index is 14.0. The number of anilines is 1. The molecule has 0 unspecified atom stereocenters. The van der Waals surface area contributed by atoms with Gasteiger partial charge in [0.2, 0.25) is 11.8 Å². The zero-order valence-corrected chi connectivity index (χ0v) is 22.7. The van der Waals surface area contributed by atoms with E-state index in [9.17, 15) is 19.2 Å². The van der Waals surface area contributed by atoms with Crippen LogP contribution in [0.2, 0.25) is 0 Å². The van der Waals surface area contributed by atoms with Crippen LogP contribution in [-0.2, 0) is 14.3 Å². The van der Waals surface area contributed by atoms with Crippen LogP contribution in [0.25, 0.3) is 0 Å². The van der Waals surface area contributed by atoms with E-state index in [2.05, 4.69) is 40.2 Å². The third-order valence-corrected chi connectivity index (χ3v) is 8.82. The average molecular weight is 592 g/mol. The minimum atomic E-state index is -0.705. The van der Waals surface area contributed by atoms with Crippen molar-refractivity contribution >= 4 is 45.2 Å². The van der Waals surface area contributed by atoms with E-state index in [1.54, 1.807) is 42.5 Å². The van der Waals surface area contributed by atoms with Gasteiger partial charge in [-0.15, -0.1) is 0 Å². The van der Waals surface area contributed by atoms with E-state index in [-0.39, 0.29) is 35.0 Å². The van der Waals surface area contributed by atoms with Gasteiger partial charge in [-0.2, -0.15) is 0 Å². The Morgan fingerprint density at radius 2 is 1.20 bits per heavy atom. The van der Waals surface area contributed by atoms with Gasteiger partial charge in [-0.25, -0.2) is 9.69 Å². The molecule has 3 aliphatic carbocycles. The van der Waals surface area contributed by atoms with Crippen molar-refractivity contribution in [2.24, 2.45) is 11.8 Å². The number of Topliss-reactive ketones (excluding diaryl/α,β-unsaturated/α-hetero) is 1. The number of esters is 1. The smallest absolute Gasteiger partial charge is 0.338 e. The van der Waals surface area contributed by atoms with Crippen molar-refractivity contribution in [1.82, 2.24) is 0 Å². The highest BCUT2D eigenvalue weighted by Gasteiger charge is 2.61. The van der Waals surface area contributed by atoms with Gasteiger partial charge in [-0.3, -0.25) is 14.4 Å². The predicted molar refractivity (Wildman–Crippen MR) is 151 cm³/mol. The molecule has 1 heterocycles. The van der Waals surface area contributed by atoms with E-state index >= 15 is 0 Å². The molecule has 4 aliphatic rings. The predicted octanol–water partition coefficient (Wildman–Crippen LogP) is 5.89. The Labute approximate surface area is 238 Å². The van der Waals surface area contributed by atoms with Crippen LogP contribution in [0.15, 0.2) is 102 Å². The van der Waals surface area contributed by atoms with Crippen molar-refractivity contribution in [3.05, 3.63) is 135 Å². The van der Waals surface area contributed by atoms with Crippen LogP contribution in [0, 0.1) is 11.8 Å². The molecule has 0 aromatic heterocycles. The molecule has 196 valence electrons. The molecular weight excluding hydrogens is 570 g/mol. The van der Waals surface area contributed by atoms with Gasteiger partial charge < -0.3 is 4.74 Å². The SMILES string of the molecule is O=C(COC(=O)c1cccc(N2C(=O)[C@@H]3C4c5ccccc5C(c5ccccc54)[C@H]3C2=O)c1)c1ccc(Br)cc1.